The van der Waals surface area contributed by atoms with E-state index in [-0.39, 0.29) is 17.9 Å². The van der Waals surface area contributed by atoms with Crippen LogP contribution in [0.15, 0.2) is 24.3 Å². The molecule has 2 aliphatic rings. The van der Waals surface area contributed by atoms with Crippen molar-refractivity contribution >= 4 is 17.6 Å². The lowest BCUT2D eigenvalue weighted by atomic mass is 9.89. The van der Waals surface area contributed by atoms with E-state index in [2.05, 4.69) is 0 Å². The largest absolute Gasteiger partial charge is 0.480 e. The zero-order valence-electron chi connectivity index (χ0n) is 13.0. The molecule has 1 aliphatic heterocycles. The number of benzene rings is 1. The summed E-state index contributed by atoms with van der Waals surface area (Å²) in [4.78, 5) is 36.2. The molecule has 0 radical (unpaired) electrons. The van der Waals surface area contributed by atoms with Gasteiger partial charge in [0.05, 0.1) is 11.5 Å². The zero-order chi connectivity index (χ0) is 17.3. The standard InChI is InChI=1S/C16H18N2O6/c19-14(11-5-4-6-12(9-11)18(22)23)17-13(15(20)21)10-24-16(17)7-2-1-3-8-16/h4-6,9,13H,1-3,7-8,10H2,(H,20,21)/t13-/m1/s1. The summed E-state index contributed by atoms with van der Waals surface area (Å²) in [5, 5.41) is 20.4. The van der Waals surface area contributed by atoms with Crippen molar-refractivity contribution in [1.82, 2.24) is 4.90 Å². The quantitative estimate of drug-likeness (QED) is 0.670. The SMILES string of the molecule is O=C(O)[C@H]1COC2(CCCCC2)N1C(=O)c1cccc([N+](=O)[O-])c1. The average molecular weight is 334 g/mol. The first-order valence-electron chi connectivity index (χ1n) is 7.89. The van der Waals surface area contributed by atoms with Crippen molar-refractivity contribution in [2.24, 2.45) is 0 Å². The van der Waals surface area contributed by atoms with Crippen molar-refractivity contribution in [3.63, 3.8) is 0 Å². The van der Waals surface area contributed by atoms with Crippen LogP contribution in [0.5, 0.6) is 0 Å². The fourth-order valence-corrected chi connectivity index (χ4v) is 3.55. The van der Waals surface area contributed by atoms with E-state index in [4.69, 9.17) is 4.74 Å². The van der Waals surface area contributed by atoms with Gasteiger partial charge in [0.1, 0.15) is 5.72 Å². The van der Waals surface area contributed by atoms with Crippen LogP contribution in [0, 0.1) is 10.1 Å². The van der Waals surface area contributed by atoms with Crippen LogP contribution in [-0.2, 0) is 9.53 Å². The van der Waals surface area contributed by atoms with Gasteiger partial charge in [0.2, 0.25) is 0 Å². The predicted octanol–water partition coefficient (Wildman–Crippen LogP) is 2.18. The van der Waals surface area contributed by atoms with Crippen LogP contribution in [0.25, 0.3) is 0 Å². The highest BCUT2D eigenvalue weighted by molar-refractivity contribution is 5.98. The highest BCUT2D eigenvalue weighted by atomic mass is 16.6. The normalized spacial score (nSPS) is 22.5. The fourth-order valence-electron chi connectivity index (χ4n) is 3.55. The van der Waals surface area contributed by atoms with Crippen LogP contribution in [0.1, 0.15) is 42.5 Å². The molecule has 128 valence electrons. The highest BCUT2D eigenvalue weighted by Gasteiger charge is 2.53. The number of amides is 1. The van der Waals surface area contributed by atoms with Crippen molar-refractivity contribution in [1.29, 1.82) is 0 Å². The van der Waals surface area contributed by atoms with E-state index in [0.29, 0.717) is 12.8 Å². The molecular weight excluding hydrogens is 316 g/mol. The van der Waals surface area contributed by atoms with Crippen molar-refractivity contribution in [2.75, 3.05) is 6.61 Å². The Bertz CT molecular complexity index is 683. The average Bonchev–Trinajstić information content (AvgIpc) is 2.93. The van der Waals surface area contributed by atoms with Crippen molar-refractivity contribution < 1.29 is 24.4 Å². The molecule has 0 bridgehead atoms. The molecule has 1 atom stereocenters. The van der Waals surface area contributed by atoms with Gasteiger partial charge in [0, 0.05) is 17.7 Å². The van der Waals surface area contributed by atoms with Crippen molar-refractivity contribution in [3.05, 3.63) is 39.9 Å². The number of nitro groups is 1. The molecule has 0 aromatic heterocycles. The summed E-state index contributed by atoms with van der Waals surface area (Å²) in [6.45, 7) is -0.0595. The maximum absolute atomic E-state index is 13.0. The summed E-state index contributed by atoms with van der Waals surface area (Å²) in [7, 11) is 0. The van der Waals surface area contributed by atoms with Crippen molar-refractivity contribution in [3.8, 4) is 0 Å². The molecule has 1 spiro atoms. The van der Waals surface area contributed by atoms with Gasteiger partial charge in [0.25, 0.3) is 11.6 Å². The Balaban J connectivity index is 1.98. The second-order valence-corrected chi connectivity index (χ2v) is 6.15. The smallest absolute Gasteiger partial charge is 0.328 e. The van der Waals surface area contributed by atoms with Gasteiger partial charge < -0.3 is 9.84 Å². The predicted molar refractivity (Wildman–Crippen MR) is 82.5 cm³/mol. The van der Waals surface area contributed by atoms with E-state index in [1.807, 2.05) is 0 Å². The number of rotatable bonds is 3. The van der Waals surface area contributed by atoms with Gasteiger partial charge in [0.15, 0.2) is 6.04 Å². The van der Waals surface area contributed by atoms with Crippen LogP contribution < -0.4 is 0 Å². The molecule has 1 saturated carbocycles. The molecule has 1 amide bonds. The number of carbonyl (C=O) groups is 2. The van der Waals surface area contributed by atoms with E-state index in [9.17, 15) is 24.8 Å². The van der Waals surface area contributed by atoms with Gasteiger partial charge in [-0.25, -0.2) is 4.79 Å². The number of carbonyl (C=O) groups excluding carboxylic acids is 1. The number of ether oxygens (including phenoxy) is 1. The highest BCUT2D eigenvalue weighted by Crippen LogP contribution is 2.41. The summed E-state index contributed by atoms with van der Waals surface area (Å²) in [6, 6.07) is 4.28. The Kier molecular flexibility index (Phi) is 4.23. The minimum absolute atomic E-state index is 0.0595. The van der Waals surface area contributed by atoms with Gasteiger partial charge in [-0.3, -0.25) is 19.8 Å². The van der Waals surface area contributed by atoms with Crippen LogP contribution >= 0.6 is 0 Å². The van der Waals surface area contributed by atoms with Gasteiger partial charge in [-0.1, -0.05) is 12.5 Å². The molecular formula is C16H18N2O6. The van der Waals surface area contributed by atoms with E-state index < -0.39 is 28.6 Å². The first kappa shape index (κ1) is 16.4. The van der Waals surface area contributed by atoms with Crippen molar-refractivity contribution in [2.45, 2.75) is 43.9 Å². The Labute approximate surface area is 138 Å². The Morgan fingerprint density at radius 2 is 2.00 bits per heavy atom. The number of aliphatic carboxylic acids is 1. The zero-order valence-corrected chi connectivity index (χ0v) is 13.0. The summed E-state index contributed by atoms with van der Waals surface area (Å²) in [5.74, 6) is -1.67. The number of hydrogen-bond donors (Lipinski definition) is 1. The van der Waals surface area contributed by atoms with Crippen LogP contribution in [0.4, 0.5) is 5.69 Å². The number of carboxylic acids is 1. The number of nitro benzene ring substituents is 1. The molecule has 1 N–H and O–H groups in total. The number of carboxylic acid groups (broad SMARTS) is 1. The summed E-state index contributed by atoms with van der Waals surface area (Å²) >= 11 is 0. The molecule has 1 aliphatic carbocycles. The van der Waals surface area contributed by atoms with Crippen LogP contribution in [0.3, 0.4) is 0 Å². The van der Waals surface area contributed by atoms with E-state index >= 15 is 0 Å². The lowest BCUT2D eigenvalue weighted by Gasteiger charge is -2.41. The van der Waals surface area contributed by atoms with E-state index in [1.165, 1.54) is 29.2 Å². The van der Waals surface area contributed by atoms with E-state index in [0.717, 1.165) is 19.3 Å². The maximum atomic E-state index is 13.0. The number of non-ortho nitro benzene ring substituents is 1. The third-order valence-electron chi connectivity index (χ3n) is 4.70. The lowest BCUT2D eigenvalue weighted by molar-refractivity contribution is -0.384. The molecule has 2 fully saturated rings. The monoisotopic (exact) mass is 334 g/mol. The molecule has 8 nitrogen and oxygen atoms in total. The third kappa shape index (κ3) is 2.73. The van der Waals surface area contributed by atoms with Gasteiger partial charge >= 0.3 is 5.97 Å². The maximum Gasteiger partial charge on any atom is 0.328 e. The van der Waals surface area contributed by atoms with Gasteiger partial charge in [-0.05, 0) is 31.7 Å². The molecule has 0 unspecified atom stereocenters. The second kappa shape index (κ2) is 6.20. The van der Waals surface area contributed by atoms with Crippen LogP contribution in [0.2, 0.25) is 0 Å². The first-order valence-corrected chi connectivity index (χ1v) is 7.89. The summed E-state index contributed by atoms with van der Waals surface area (Å²) in [6.07, 6.45) is 3.88. The Morgan fingerprint density at radius 3 is 2.62 bits per heavy atom. The topological polar surface area (TPSA) is 110 Å². The molecule has 24 heavy (non-hydrogen) atoms. The lowest BCUT2D eigenvalue weighted by Crippen LogP contribution is -2.54. The fraction of sp³-hybridized carbons (Fsp3) is 0.500. The minimum atomic E-state index is -1.13. The molecule has 1 saturated heterocycles. The Hall–Kier alpha value is -2.48. The molecule has 1 aromatic carbocycles. The minimum Gasteiger partial charge on any atom is -0.480 e. The van der Waals surface area contributed by atoms with Crippen LogP contribution in [-0.4, -0.2) is 45.2 Å². The van der Waals surface area contributed by atoms with Gasteiger partial charge in [-0.15, -0.1) is 0 Å². The molecule has 1 aromatic rings. The summed E-state index contributed by atoms with van der Waals surface area (Å²) < 4.78 is 5.78. The third-order valence-corrected chi connectivity index (χ3v) is 4.70. The number of hydrogen-bond acceptors (Lipinski definition) is 5. The molecule has 3 rings (SSSR count). The molecule has 1 heterocycles. The first-order chi connectivity index (χ1) is 11.4. The number of nitrogens with zero attached hydrogens (tertiary/aromatic N) is 2. The van der Waals surface area contributed by atoms with E-state index in [1.54, 1.807) is 0 Å². The summed E-state index contributed by atoms with van der Waals surface area (Å²) in [5.41, 5.74) is -1.01. The Morgan fingerprint density at radius 1 is 1.29 bits per heavy atom. The second-order valence-electron chi connectivity index (χ2n) is 6.15. The van der Waals surface area contributed by atoms with Gasteiger partial charge in [-0.2, -0.15) is 0 Å². The molecule has 8 heteroatoms.